The monoisotopic (exact) mass is 627 g/mol. The zero-order chi connectivity index (χ0) is 30.2. The van der Waals surface area contributed by atoms with Crippen molar-refractivity contribution in [2.24, 2.45) is 0 Å². The quantitative estimate of drug-likeness (QED) is 0.127. The largest absolute Gasteiger partial charge is 0.439 e. The van der Waals surface area contributed by atoms with Crippen molar-refractivity contribution in [3.05, 3.63) is 82.2 Å². The summed E-state index contributed by atoms with van der Waals surface area (Å²) in [6, 6.07) is 16.3. The molecule has 0 radical (unpaired) electrons. The number of hydrogen-bond donors (Lipinski definition) is 2. The number of aromatic nitrogens is 1. The van der Waals surface area contributed by atoms with Gasteiger partial charge in [0.25, 0.3) is 15.1 Å². The van der Waals surface area contributed by atoms with E-state index >= 15 is 0 Å². The first-order valence-corrected chi connectivity index (χ1v) is 18.0. The standard InChI is InChI=1S/C31H34N2O6S3/c1-5-23(19-29-32(14-16-41(4,34)35)26-17-21(2)22(3)18-27(26)39-29)20-30-33(13-8-15-42(36,37)38)31-25-10-7-6-9-24(25)11-12-28(31)40-30/h6-7,9-12,17-20H,4-5,8,13-16H2,1-3H3,(H-,34,35,36,37,38)/p+1. The number of hydrogen-bond acceptors (Lipinski definition) is 6. The fourth-order valence-corrected chi connectivity index (χ4v) is 7.24. The lowest BCUT2D eigenvalue weighted by atomic mass is 10.1. The average Bonchev–Trinajstić information content (AvgIpc) is 3.43. The minimum Gasteiger partial charge on any atom is -0.439 e. The molecule has 0 spiro atoms. The van der Waals surface area contributed by atoms with Crippen LogP contribution >= 0.6 is 11.3 Å². The Kier molecular flexibility index (Phi) is 8.51. The summed E-state index contributed by atoms with van der Waals surface area (Å²) in [5, 5.41) is 3.10. The summed E-state index contributed by atoms with van der Waals surface area (Å²) < 4.78 is 63.8. The Balaban J connectivity index is 1.60. The van der Waals surface area contributed by atoms with Gasteiger partial charge < -0.3 is 14.2 Å². The van der Waals surface area contributed by atoms with Crippen molar-refractivity contribution >= 4 is 69.9 Å². The highest BCUT2D eigenvalue weighted by molar-refractivity contribution is 7.95. The van der Waals surface area contributed by atoms with Gasteiger partial charge in [0, 0.05) is 25.1 Å². The molecular weight excluding hydrogens is 593 g/mol. The third kappa shape index (κ3) is 6.71. The van der Waals surface area contributed by atoms with Crippen molar-refractivity contribution in [2.75, 3.05) is 23.0 Å². The van der Waals surface area contributed by atoms with E-state index in [4.69, 9.17) is 4.74 Å². The molecule has 5 rings (SSSR count). The van der Waals surface area contributed by atoms with Gasteiger partial charge in [0.1, 0.15) is 4.70 Å². The molecule has 4 aromatic rings. The highest BCUT2D eigenvalue weighted by atomic mass is 32.2. The van der Waals surface area contributed by atoms with E-state index < -0.39 is 19.9 Å². The smallest absolute Gasteiger partial charge is 0.265 e. The summed E-state index contributed by atoms with van der Waals surface area (Å²) in [5.74, 6) is 4.33. The molecule has 0 aliphatic carbocycles. The molecule has 0 bridgehead atoms. The van der Waals surface area contributed by atoms with Crippen molar-refractivity contribution in [2.45, 2.75) is 40.2 Å². The number of allylic oxidation sites excluding steroid dienone is 2. The molecule has 0 saturated carbocycles. The van der Waals surface area contributed by atoms with Crippen LogP contribution in [0.15, 0.2) is 66.1 Å². The minimum atomic E-state index is -4.08. The van der Waals surface area contributed by atoms with E-state index in [0.29, 0.717) is 24.6 Å². The molecular formula is C31H35N2O6S3+. The first-order chi connectivity index (χ1) is 19.8. The van der Waals surface area contributed by atoms with Gasteiger partial charge in [-0.3, -0.25) is 4.55 Å². The van der Waals surface area contributed by atoms with Crippen LogP contribution in [0, 0.1) is 13.8 Å². The second kappa shape index (κ2) is 11.8. The number of rotatable bonds is 10. The van der Waals surface area contributed by atoms with Crippen LogP contribution in [0.5, 0.6) is 5.75 Å². The normalized spacial score (nSPS) is 16.3. The summed E-state index contributed by atoms with van der Waals surface area (Å²) in [7, 11) is -7.28. The maximum atomic E-state index is 12.1. The van der Waals surface area contributed by atoms with Crippen molar-refractivity contribution in [3.8, 4) is 5.75 Å². The van der Waals surface area contributed by atoms with E-state index in [9.17, 15) is 21.7 Å². The lowest BCUT2D eigenvalue weighted by Gasteiger charge is -2.19. The predicted molar refractivity (Wildman–Crippen MR) is 174 cm³/mol. The van der Waals surface area contributed by atoms with Crippen LogP contribution in [0.3, 0.4) is 0 Å². The van der Waals surface area contributed by atoms with Crippen LogP contribution in [0.4, 0.5) is 5.69 Å². The number of anilines is 1. The predicted octanol–water partition coefficient (Wildman–Crippen LogP) is 5.96. The van der Waals surface area contributed by atoms with E-state index in [1.54, 1.807) is 11.3 Å². The fourth-order valence-electron chi connectivity index (χ4n) is 5.10. The topological polar surface area (TPSA) is 108 Å². The first-order valence-electron chi connectivity index (χ1n) is 13.7. The average molecular weight is 628 g/mol. The fraction of sp³-hybridized carbons (Fsp3) is 0.290. The van der Waals surface area contributed by atoms with Crippen molar-refractivity contribution in [3.63, 3.8) is 0 Å². The van der Waals surface area contributed by atoms with Crippen molar-refractivity contribution in [1.82, 2.24) is 0 Å². The van der Waals surface area contributed by atoms with Crippen LogP contribution < -0.4 is 14.2 Å². The third-order valence-electron chi connectivity index (χ3n) is 7.40. The molecule has 8 nitrogen and oxygen atoms in total. The van der Waals surface area contributed by atoms with Crippen molar-refractivity contribution < 1.29 is 31.0 Å². The second-order valence-corrected chi connectivity index (χ2v) is 15.1. The van der Waals surface area contributed by atoms with Crippen LogP contribution in [0.25, 0.3) is 27.1 Å². The maximum absolute atomic E-state index is 12.1. The van der Waals surface area contributed by atoms with Gasteiger partial charge in [0.2, 0.25) is 11.4 Å². The number of thiazole rings is 1. The van der Waals surface area contributed by atoms with Crippen LogP contribution in [-0.2, 0) is 26.5 Å². The van der Waals surface area contributed by atoms with Gasteiger partial charge in [-0.15, -0.1) is 0 Å². The Bertz CT molecular complexity index is 1960. The van der Waals surface area contributed by atoms with Crippen molar-refractivity contribution in [1.29, 1.82) is 0 Å². The van der Waals surface area contributed by atoms with Crippen LogP contribution in [0.2, 0.25) is 0 Å². The lowest BCUT2D eigenvalue weighted by Crippen LogP contribution is -2.36. The summed E-state index contributed by atoms with van der Waals surface area (Å²) >= 11 is 1.62. The number of aryl methyl sites for hydroxylation is 3. The summed E-state index contributed by atoms with van der Waals surface area (Å²) in [5.41, 5.74) is 5.02. The second-order valence-electron chi connectivity index (χ2n) is 10.6. The molecule has 0 saturated heterocycles. The third-order valence-corrected chi connectivity index (χ3v) is 10.1. The number of benzene rings is 3. The van der Waals surface area contributed by atoms with E-state index in [-0.39, 0.29) is 24.5 Å². The number of fused-ring (bicyclic) bond motifs is 4. The zero-order valence-corrected chi connectivity index (χ0v) is 26.3. The van der Waals surface area contributed by atoms with E-state index in [1.165, 1.54) is 0 Å². The molecule has 1 aromatic heterocycles. The van der Waals surface area contributed by atoms with Gasteiger partial charge >= 0.3 is 0 Å². The molecule has 2 heterocycles. The molecule has 222 valence electrons. The SMILES string of the molecule is C=S(=O)(O)CCN1/C(=C/C(=C/c2sc3ccc4ccccc4c3[n+]2CCCS(=O)(=O)O)CC)Oc2cc(C)c(C)cc21. The van der Waals surface area contributed by atoms with Gasteiger partial charge in [-0.1, -0.05) is 42.5 Å². The Hall–Kier alpha value is -3.22. The molecule has 1 aliphatic heterocycles. The van der Waals surface area contributed by atoms with Gasteiger partial charge in [-0.05, 0) is 72.5 Å². The molecule has 1 unspecified atom stereocenters. The summed E-state index contributed by atoms with van der Waals surface area (Å²) in [6.07, 6.45) is 4.98. The van der Waals surface area contributed by atoms with E-state index in [2.05, 4.69) is 40.8 Å². The lowest BCUT2D eigenvalue weighted by molar-refractivity contribution is -0.667. The van der Waals surface area contributed by atoms with E-state index in [0.717, 1.165) is 48.4 Å². The molecule has 42 heavy (non-hydrogen) atoms. The Morgan fingerprint density at radius 1 is 1.07 bits per heavy atom. The molecule has 2 N–H and O–H groups in total. The molecule has 1 aliphatic rings. The van der Waals surface area contributed by atoms with Crippen LogP contribution in [-0.4, -0.2) is 45.7 Å². The molecule has 11 heteroatoms. The molecule has 0 amide bonds. The number of nitrogens with zero attached hydrogens (tertiary/aromatic N) is 2. The van der Waals surface area contributed by atoms with Gasteiger partial charge in [0.15, 0.2) is 12.3 Å². The van der Waals surface area contributed by atoms with Gasteiger partial charge in [-0.2, -0.15) is 13.0 Å². The van der Waals surface area contributed by atoms with Gasteiger partial charge in [0.05, 0.1) is 32.4 Å². The molecule has 0 fully saturated rings. The minimum absolute atomic E-state index is 0.0115. The Morgan fingerprint density at radius 2 is 1.81 bits per heavy atom. The Morgan fingerprint density at radius 3 is 2.52 bits per heavy atom. The molecule has 1 atom stereocenters. The maximum Gasteiger partial charge on any atom is 0.265 e. The summed E-state index contributed by atoms with van der Waals surface area (Å²) in [4.78, 5) is 1.92. The first kappa shape index (κ1) is 30.2. The Labute approximate surface area is 251 Å². The van der Waals surface area contributed by atoms with Gasteiger partial charge in [-0.25, -0.2) is 4.21 Å². The van der Waals surface area contributed by atoms with Crippen LogP contribution in [0.1, 0.15) is 35.9 Å². The van der Waals surface area contributed by atoms with E-state index in [1.807, 2.05) is 56.0 Å². The summed E-state index contributed by atoms with van der Waals surface area (Å²) in [6.45, 7) is 6.77. The highest BCUT2D eigenvalue weighted by Crippen LogP contribution is 2.41. The highest BCUT2D eigenvalue weighted by Gasteiger charge is 2.28. The zero-order valence-electron chi connectivity index (χ0n) is 23.9. The molecule has 3 aromatic carbocycles. The number of ether oxygens (including phenoxy) is 1.